The molecule has 0 saturated carbocycles. The van der Waals surface area contributed by atoms with Gasteiger partial charge in [0.25, 0.3) is 0 Å². The summed E-state index contributed by atoms with van der Waals surface area (Å²) in [5.74, 6) is 1.14. The minimum Gasteiger partial charge on any atom is -0.492 e. The van der Waals surface area contributed by atoms with E-state index in [1.165, 1.54) is 5.56 Å². The summed E-state index contributed by atoms with van der Waals surface area (Å²) in [6, 6.07) is 7.94. The van der Waals surface area contributed by atoms with Crippen molar-refractivity contribution in [2.75, 3.05) is 33.3 Å². The van der Waals surface area contributed by atoms with Gasteiger partial charge in [-0.25, -0.2) is 0 Å². The Labute approximate surface area is 121 Å². The Kier molecular flexibility index (Phi) is 5.41. The summed E-state index contributed by atoms with van der Waals surface area (Å²) in [7, 11) is 2.07. The van der Waals surface area contributed by atoms with Crippen LogP contribution in [0.15, 0.2) is 24.3 Å². The third-order valence-electron chi connectivity index (χ3n) is 3.69. The largest absolute Gasteiger partial charge is 0.492 e. The summed E-state index contributed by atoms with van der Waals surface area (Å²) < 4.78 is 5.59. The lowest BCUT2D eigenvalue weighted by molar-refractivity contribution is -0.126. The van der Waals surface area contributed by atoms with Crippen LogP contribution in [-0.4, -0.2) is 44.1 Å². The molecule has 1 aliphatic rings. The number of nitrogens with zero attached hydrogens (tertiary/aromatic N) is 1. The normalized spacial score (nSPS) is 19.6. The first kappa shape index (κ1) is 14.9. The monoisotopic (exact) mass is 276 g/mol. The fourth-order valence-corrected chi connectivity index (χ4v) is 2.50. The maximum absolute atomic E-state index is 12.0. The molecule has 1 saturated heterocycles. The summed E-state index contributed by atoms with van der Waals surface area (Å²) in [6.07, 6.45) is 2.10. The van der Waals surface area contributed by atoms with Gasteiger partial charge in [0.2, 0.25) is 5.91 Å². The van der Waals surface area contributed by atoms with Gasteiger partial charge in [-0.3, -0.25) is 4.79 Å². The summed E-state index contributed by atoms with van der Waals surface area (Å²) in [5, 5.41) is 2.96. The average Bonchev–Trinajstić information content (AvgIpc) is 2.45. The van der Waals surface area contributed by atoms with E-state index in [1.807, 2.05) is 31.2 Å². The van der Waals surface area contributed by atoms with Crippen LogP contribution in [0.2, 0.25) is 0 Å². The van der Waals surface area contributed by atoms with Gasteiger partial charge >= 0.3 is 0 Å². The molecule has 1 aromatic carbocycles. The van der Waals surface area contributed by atoms with Crippen molar-refractivity contribution in [1.82, 2.24) is 10.2 Å². The molecule has 110 valence electrons. The highest BCUT2D eigenvalue weighted by atomic mass is 16.5. The van der Waals surface area contributed by atoms with Crippen LogP contribution < -0.4 is 10.1 Å². The Morgan fingerprint density at radius 3 is 2.85 bits per heavy atom. The summed E-state index contributed by atoms with van der Waals surface area (Å²) in [5.41, 5.74) is 1.21. The molecule has 1 atom stereocenters. The number of carbonyl (C=O) groups excluding carboxylic acids is 1. The summed E-state index contributed by atoms with van der Waals surface area (Å²) in [4.78, 5) is 14.2. The van der Waals surface area contributed by atoms with E-state index in [0.717, 1.165) is 31.7 Å². The molecule has 1 heterocycles. The van der Waals surface area contributed by atoms with E-state index in [-0.39, 0.29) is 11.8 Å². The van der Waals surface area contributed by atoms with Gasteiger partial charge < -0.3 is 15.0 Å². The molecule has 4 nitrogen and oxygen atoms in total. The van der Waals surface area contributed by atoms with E-state index in [2.05, 4.69) is 17.3 Å². The second kappa shape index (κ2) is 7.29. The van der Waals surface area contributed by atoms with Gasteiger partial charge in [0.05, 0.1) is 12.5 Å². The number of hydrogen-bond acceptors (Lipinski definition) is 3. The smallest absolute Gasteiger partial charge is 0.224 e. The third-order valence-corrected chi connectivity index (χ3v) is 3.69. The van der Waals surface area contributed by atoms with Crippen molar-refractivity contribution in [3.8, 4) is 5.75 Å². The molecule has 1 aliphatic heterocycles. The highest BCUT2D eigenvalue weighted by Crippen LogP contribution is 2.15. The summed E-state index contributed by atoms with van der Waals surface area (Å²) >= 11 is 0. The number of hydrogen-bond donors (Lipinski definition) is 1. The highest BCUT2D eigenvalue weighted by molar-refractivity contribution is 5.78. The van der Waals surface area contributed by atoms with Gasteiger partial charge in [-0.05, 0) is 45.5 Å². The Morgan fingerprint density at radius 1 is 1.40 bits per heavy atom. The van der Waals surface area contributed by atoms with Crippen LogP contribution in [0.3, 0.4) is 0 Å². The number of carbonyl (C=O) groups is 1. The number of nitrogens with one attached hydrogen (secondary N) is 1. The molecule has 1 aromatic rings. The highest BCUT2D eigenvalue weighted by Gasteiger charge is 2.23. The molecule has 0 spiro atoms. The lowest BCUT2D eigenvalue weighted by Crippen LogP contribution is -2.42. The molecule has 0 aromatic heterocycles. The molecular weight excluding hydrogens is 252 g/mol. The van der Waals surface area contributed by atoms with E-state index in [9.17, 15) is 4.79 Å². The average molecular weight is 276 g/mol. The van der Waals surface area contributed by atoms with Crippen LogP contribution in [0.4, 0.5) is 0 Å². The second-order valence-corrected chi connectivity index (χ2v) is 5.55. The van der Waals surface area contributed by atoms with Gasteiger partial charge in [0.15, 0.2) is 0 Å². The standard InChI is InChI=1S/C16H24N2O2/c1-13-5-7-15(8-6-13)20-11-9-17-16(19)14-4-3-10-18(2)12-14/h5-8,14H,3-4,9-12H2,1-2H3,(H,17,19)/t14-/m1/s1. The first-order valence-corrected chi connectivity index (χ1v) is 7.31. The zero-order chi connectivity index (χ0) is 14.4. The molecular formula is C16H24N2O2. The molecule has 0 radical (unpaired) electrons. The number of ether oxygens (including phenoxy) is 1. The third kappa shape index (κ3) is 4.53. The van der Waals surface area contributed by atoms with Crippen molar-refractivity contribution < 1.29 is 9.53 Å². The van der Waals surface area contributed by atoms with E-state index in [1.54, 1.807) is 0 Å². The number of likely N-dealkylation sites (tertiary alicyclic amines) is 1. The van der Waals surface area contributed by atoms with Crippen LogP contribution in [-0.2, 0) is 4.79 Å². The molecule has 1 fully saturated rings. The van der Waals surface area contributed by atoms with Crippen LogP contribution in [0, 0.1) is 12.8 Å². The maximum atomic E-state index is 12.0. The molecule has 20 heavy (non-hydrogen) atoms. The lowest BCUT2D eigenvalue weighted by atomic mass is 9.98. The van der Waals surface area contributed by atoms with E-state index in [0.29, 0.717) is 13.2 Å². The van der Waals surface area contributed by atoms with Crippen LogP contribution in [0.1, 0.15) is 18.4 Å². The number of benzene rings is 1. The van der Waals surface area contributed by atoms with Crippen molar-refractivity contribution in [2.24, 2.45) is 5.92 Å². The minimum absolute atomic E-state index is 0.133. The predicted molar refractivity (Wildman–Crippen MR) is 79.9 cm³/mol. The summed E-state index contributed by atoms with van der Waals surface area (Å²) in [6.45, 7) is 5.08. The molecule has 1 N–H and O–H groups in total. The Hall–Kier alpha value is -1.55. The van der Waals surface area contributed by atoms with Gasteiger partial charge in [-0.1, -0.05) is 17.7 Å². The number of amides is 1. The Bertz CT molecular complexity index is 431. The van der Waals surface area contributed by atoms with E-state index >= 15 is 0 Å². The number of rotatable bonds is 5. The fourth-order valence-electron chi connectivity index (χ4n) is 2.50. The quantitative estimate of drug-likeness (QED) is 0.834. The topological polar surface area (TPSA) is 41.6 Å². The van der Waals surface area contributed by atoms with Gasteiger partial charge in [0.1, 0.15) is 12.4 Å². The molecule has 0 bridgehead atoms. The first-order chi connectivity index (χ1) is 9.65. The van der Waals surface area contributed by atoms with Crippen LogP contribution >= 0.6 is 0 Å². The fraction of sp³-hybridized carbons (Fsp3) is 0.562. The zero-order valence-electron chi connectivity index (χ0n) is 12.4. The number of aryl methyl sites for hydroxylation is 1. The maximum Gasteiger partial charge on any atom is 0.224 e. The molecule has 2 rings (SSSR count). The minimum atomic E-state index is 0.133. The Morgan fingerprint density at radius 2 is 2.15 bits per heavy atom. The number of piperidine rings is 1. The van der Waals surface area contributed by atoms with Crippen molar-refractivity contribution in [3.63, 3.8) is 0 Å². The lowest BCUT2D eigenvalue weighted by Gasteiger charge is -2.28. The Balaban J connectivity index is 1.65. The SMILES string of the molecule is Cc1ccc(OCCNC(=O)[C@@H]2CCCN(C)C2)cc1. The first-order valence-electron chi connectivity index (χ1n) is 7.31. The second-order valence-electron chi connectivity index (χ2n) is 5.55. The van der Waals surface area contributed by atoms with Gasteiger partial charge in [0, 0.05) is 6.54 Å². The zero-order valence-corrected chi connectivity index (χ0v) is 12.4. The van der Waals surface area contributed by atoms with Crippen molar-refractivity contribution in [1.29, 1.82) is 0 Å². The van der Waals surface area contributed by atoms with Crippen LogP contribution in [0.5, 0.6) is 5.75 Å². The van der Waals surface area contributed by atoms with Crippen molar-refractivity contribution in [2.45, 2.75) is 19.8 Å². The van der Waals surface area contributed by atoms with Gasteiger partial charge in [-0.15, -0.1) is 0 Å². The molecule has 0 unspecified atom stereocenters. The van der Waals surface area contributed by atoms with Crippen LogP contribution in [0.25, 0.3) is 0 Å². The molecule has 1 amide bonds. The van der Waals surface area contributed by atoms with E-state index in [4.69, 9.17) is 4.74 Å². The van der Waals surface area contributed by atoms with Gasteiger partial charge in [-0.2, -0.15) is 0 Å². The molecule has 4 heteroatoms. The molecule has 0 aliphatic carbocycles. The van der Waals surface area contributed by atoms with Crippen molar-refractivity contribution in [3.05, 3.63) is 29.8 Å². The predicted octanol–water partition coefficient (Wildman–Crippen LogP) is 1.83. The van der Waals surface area contributed by atoms with Crippen molar-refractivity contribution >= 4 is 5.91 Å². The van der Waals surface area contributed by atoms with E-state index < -0.39 is 0 Å².